The number of para-hydroxylation sites is 1. The van der Waals surface area contributed by atoms with Crippen LogP contribution in [0.5, 0.6) is 0 Å². The highest BCUT2D eigenvalue weighted by molar-refractivity contribution is 6.06. The Morgan fingerprint density at radius 1 is 1.09 bits per heavy atom. The van der Waals surface area contributed by atoms with Crippen LogP contribution in [0.15, 0.2) is 48.5 Å². The van der Waals surface area contributed by atoms with E-state index in [1.165, 1.54) is 11.0 Å². The van der Waals surface area contributed by atoms with Gasteiger partial charge in [0.15, 0.2) is 0 Å². The van der Waals surface area contributed by atoms with E-state index in [-0.39, 0.29) is 12.1 Å². The van der Waals surface area contributed by atoms with E-state index in [1.54, 1.807) is 30.3 Å². The number of benzene rings is 2. The zero-order valence-corrected chi connectivity index (χ0v) is 11.5. The Labute approximate surface area is 125 Å². The molecule has 0 bridgehead atoms. The number of nitrogens with zero attached hydrogens (tertiary/aromatic N) is 1. The van der Waals surface area contributed by atoms with Crippen molar-refractivity contribution in [2.75, 3.05) is 4.90 Å². The van der Waals surface area contributed by atoms with Crippen LogP contribution in [0.3, 0.4) is 0 Å². The summed E-state index contributed by atoms with van der Waals surface area (Å²) in [5, 5.41) is 0. The SMILES string of the molecule is NC1Cc2ccc(C(F)(F)F)cc2N(c2ccccc2)C1=O. The molecule has 3 nitrogen and oxygen atoms in total. The van der Waals surface area contributed by atoms with E-state index in [9.17, 15) is 18.0 Å². The monoisotopic (exact) mass is 306 g/mol. The molecular formula is C16H13F3N2O. The number of carbonyl (C=O) groups excluding carboxylic acids is 1. The number of rotatable bonds is 1. The quantitative estimate of drug-likeness (QED) is 0.879. The van der Waals surface area contributed by atoms with Crippen molar-refractivity contribution >= 4 is 17.3 Å². The molecule has 0 spiro atoms. The van der Waals surface area contributed by atoms with Gasteiger partial charge in [0.05, 0.1) is 17.3 Å². The van der Waals surface area contributed by atoms with Crippen LogP contribution in [-0.4, -0.2) is 11.9 Å². The highest BCUT2D eigenvalue weighted by atomic mass is 19.4. The van der Waals surface area contributed by atoms with Gasteiger partial charge in [-0.25, -0.2) is 0 Å². The molecule has 1 aliphatic rings. The van der Waals surface area contributed by atoms with E-state index >= 15 is 0 Å². The van der Waals surface area contributed by atoms with Gasteiger partial charge in [0.1, 0.15) is 0 Å². The van der Waals surface area contributed by atoms with Crippen LogP contribution in [0.1, 0.15) is 11.1 Å². The molecule has 1 aliphatic heterocycles. The van der Waals surface area contributed by atoms with Crippen LogP contribution in [-0.2, 0) is 17.4 Å². The van der Waals surface area contributed by atoms with Gasteiger partial charge in [0.2, 0.25) is 5.91 Å². The molecule has 0 fully saturated rings. The van der Waals surface area contributed by atoms with E-state index in [2.05, 4.69) is 0 Å². The lowest BCUT2D eigenvalue weighted by atomic mass is 9.95. The van der Waals surface area contributed by atoms with Crippen molar-refractivity contribution in [3.8, 4) is 0 Å². The maximum atomic E-state index is 12.9. The molecule has 3 rings (SSSR count). The Morgan fingerprint density at radius 2 is 1.77 bits per heavy atom. The first kappa shape index (κ1) is 14.6. The normalized spacial score (nSPS) is 18.3. The average molecular weight is 306 g/mol. The third kappa shape index (κ3) is 2.46. The number of nitrogens with two attached hydrogens (primary N) is 1. The summed E-state index contributed by atoms with van der Waals surface area (Å²) in [5.41, 5.74) is 6.42. The molecule has 2 aromatic carbocycles. The summed E-state index contributed by atoms with van der Waals surface area (Å²) in [6.45, 7) is 0. The number of fused-ring (bicyclic) bond motifs is 1. The molecular weight excluding hydrogens is 293 g/mol. The van der Waals surface area contributed by atoms with Crippen molar-refractivity contribution < 1.29 is 18.0 Å². The molecule has 1 amide bonds. The number of hydrogen-bond donors (Lipinski definition) is 1. The lowest BCUT2D eigenvalue weighted by Crippen LogP contribution is -2.46. The topological polar surface area (TPSA) is 46.3 Å². The van der Waals surface area contributed by atoms with Crippen LogP contribution < -0.4 is 10.6 Å². The zero-order chi connectivity index (χ0) is 15.9. The molecule has 0 aliphatic carbocycles. The van der Waals surface area contributed by atoms with E-state index in [4.69, 9.17) is 5.73 Å². The second-order valence-electron chi connectivity index (χ2n) is 5.16. The average Bonchev–Trinajstić information content (AvgIpc) is 2.48. The Balaban J connectivity index is 2.17. The van der Waals surface area contributed by atoms with Gasteiger partial charge in [0.25, 0.3) is 0 Å². The van der Waals surface area contributed by atoms with Crippen LogP contribution in [0.4, 0.5) is 24.5 Å². The fraction of sp³-hybridized carbons (Fsp3) is 0.188. The lowest BCUT2D eigenvalue weighted by Gasteiger charge is -2.33. The fourth-order valence-corrected chi connectivity index (χ4v) is 2.57. The maximum absolute atomic E-state index is 12.9. The summed E-state index contributed by atoms with van der Waals surface area (Å²) in [7, 11) is 0. The third-order valence-electron chi connectivity index (χ3n) is 3.65. The van der Waals surface area contributed by atoms with Gasteiger partial charge < -0.3 is 5.73 Å². The van der Waals surface area contributed by atoms with Gasteiger partial charge in [-0.15, -0.1) is 0 Å². The van der Waals surface area contributed by atoms with Crippen molar-refractivity contribution in [3.63, 3.8) is 0 Å². The number of hydrogen-bond acceptors (Lipinski definition) is 2. The molecule has 0 saturated carbocycles. The fourth-order valence-electron chi connectivity index (χ4n) is 2.57. The summed E-state index contributed by atoms with van der Waals surface area (Å²) in [6, 6.07) is 11.2. The van der Waals surface area contributed by atoms with E-state index in [1.807, 2.05) is 0 Å². The molecule has 2 aromatic rings. The molecule has 114 valence electrons. The van der Waals surface area contributed by atoms with Crippen molar-refractivity contribution in [2.24, 2.45) is 5.73 Å². The minimum Gasteiger partial charge on any atom is -0.320 e. The summed E-state index contributed by atoms with van der Waals surface area (Å²) in [4.78, 5) is 13.6. The van der Waals surface area contributed by atoms with Crippen molar-refractivity contribution in [1.29, 1.82) is 0 Å². The molecule has 1 atom stereocenters. The third-order valence-corrected chi connectivity index (χ3v) is 3.65. The van der Waals surface area contributed by atoms with Crippen LogP contribution >= 0.6 is 0 Å². The number of alkyl halides is 3. The van der Waals surface area contributed by atoms with Gasteiger partial charge >= 0.3 is 6.18 Å². The van der Waals surface area contributed by atoms with Crippen LogP contribution in [0, 0.1) is 0 Å². The molecule has 6 heteroatoms. The highest BCUT2D eigenvalue weighted by Crippen LogP contribution is 2.38. The van der Waals surface area contributed by atoms with Crippen LogP contribution in [0.2, 0.25) is 0 Å². The highest BCUT2D eigenvalue weighted by Gasteiger charge is 2.36. The summed E-state index contributed by atoms with van der Waals surface area (Å²) < 4.78 is 38.8. The number of carbonyl (C=O) groups is 1. The zero-order valence-electron chi connectivity index (χ0n) is 11.5. The second kappa shape index (κ2) is 5.14. The van der Waals surface area contributed by atoms with Gasteiger partial charge in [-0.2, -0.15) is 13.2 Å². The number of halogens is 3. The van der Waals surface area contributed by atoms with Gasteiger partial charge in [-0.05, 0) is 36.2 Å². The Bertz CT molecular complexity index is 713. The molecule has 0 saturated heterocycles. The first-order chi connectivity index (χ1) is 10.4. The Hall–Kier alpha value is -2.34. The smallest absolute Gasteiger partial charge is 0.320 e. The largest absolute Gasteiger partial charge is 0.416 e. The van der Waals surface area contributed by atoms with Crippen molar-refractivity contribution in [3.05, 3.63) is 59.7 Å². The molecule has 2 N–H and O–H groups in total. The number of anilines is 2. The Morgan fingerprint density at radius 3 is 2.41 bits per heavy atom. The molecule has 1 heterocycles. The summed E-state index contributed by atoms with van der Waals surface area (Å²) in [5.74, 6) is -0.405. The predicted molar refractivity (Wildman–Crippen MR) is 76.7 cm³/mol. The molecule has 0 radical (unpaired) electrons. The van der Waals surface area contributed by atoms with Gasteiger partial charge in [-0.1, -0.05) is 24.3 Å². The second-order valence-corrected chi connectivity index (χ2v) is 5.16. The van der Waals surface area contributed by atoms with E-state index in [0.29, 0.717) is 11.3 Å². The summed E-state index contributed by atoms with van der Waals surface area (Å²) >= 11 is 0. The molecule has 1 unspecified atom stereocenters. The van der Waals surface area contributed by atoms with Gasteiger partial charge in [-0.3, -0.25) is 9.69 Å². The standard InChI is InChI=1S/C16H13F3N2O/c17-16(18,19)11-7-6-10-8-13(20)15(22)21(14(10)9-11)12-4-2-1-3-5-12/h1-7,9,13H,8,20H2. The first-order valence-electron chi connectivity index (χ1n) is 6.72. The first-order valence-corrected chi connectivity index (χ1v) is 6.72. The van der Waals surface area contributed by atoms with E-state index < -0.39 is 23.7 Å². The Kier molecular flexibility index (Phi) is 3.41. The predicted octanol–water partition coefficient (Wildman–Crippen LogP) is 3.25. The van der Waals surface area contributed by atoms with Crippen LogP contribution in [0.25, 0.3) is 0 Å². The summed E-state index contributed by atoms with van der Waals surface area (Å²) in [6.07, 6.45) is -4.23. The molecule has 22 heavy (non-hydrogen) atoms. The van der Waals surface area contributed by atoms with Crippen molar-refractivity contribution in [2.45, 2.75) is 18.6 Å². The lowest BCUT2D eigenvalue weighted by molar-refractivity contribution is -0.137. The van der Waals surface area contributed by atoms with Crippen molar-refractivity contribution in [1.82, 2.24) is 0 Å². The van der Waals surface area contributed by atoms with Gasteiger partial charge in [0, 0.05) is 5.69 Å². The molecule has 0 aromatic heterocycles. The minimum absolute atomic E-state index is 0.232. The minimum atomic E-state index is -4.46. The maximum Gasteiger partial charge on any atom is 0.416 e. The van der Waals surface area contributed by atoms with E-state index in [0.717, 1.165) is 12.1 Å². The number of amides is 1.